The van der Waals surface area contributed by atoms with E-state index in [1.54, 1.807) is 0 Å². The molecule has 1 aromatic heterocycles. The number of aryl methyl sites for hydroxylation is 2. The number of fused-ring (bicyclic) bond motifs is 3. The number of hydrogen-bond acceptors (Lipinski definition) is 2. The first-order valence-electron chi connectivity index (χ1n) is 10.2. The summed E-state index contributed by atoms with van der Waals surface area (Å²) in [6.07, 6.45) is 3.33. The molecule has 0 saturated carbocycles. The number of amides is 1. The zero-order valence-electron chi connectivity index (χ0n) is 16.9. The Morgan fingerprint density at radius 2 is 1.86 bits per heavy atom. The van der Waals surface area contributed by atoms with Crippen LogP contribution in [0.4, 0.5) is 5.69 Å². The molecule has 1 aliphatic carbocycles. The largest absolute Gasteiger partial charge is 0.378 e. The van der Waals surface area contributed by atoms with Gasteiger partial charge in [-0.3, -0.25) is 4.79 Å². The van der Waals surface area contributed by atoms with Crippen LogP contribution in [0.1, 0.15) is 46.1 Å². The fourth-order valence-corrected chi connectivity index (χ4v) is 5.03. The summed E-state index contributed by atoms with van der Waals surface area (Å²) in [5.41, 5.74) is 7.41. The monoisotopic (exact) mass is 373 g/mol. The molecule has 144 valence electrons. The number of carbonyl (C=O) groups excluding carboxylic acids is 1. The molecule has 0 bridgehead atoms. The molecular weight excluding hydrogens is 346 g/mol. The predicted octanol–water partition coefficient (Wildman–Crippen LogP) is 4.55. The number of nitrogens with zero attached hydrogens (tertiary/aromatic N) is 3. The van der Waals surface area contributed by atoms with Gasteiger partial charge in [0.1, 0.15) is 0 Å². The van der Waals surface area contributed by atoms with Gasteiger partial charge in [0.05, 0.1) is 6.04 Å². The molecule has 1 atom stereocenters. The van der Waals surface area contributed by atoms with E-state index in [0.717, 1.165) is 43.6 Å². The van der Waals surface area contributed by atoms with Crippen molar-refractivity contribution in [2.45, 2.75) is 38.8 Å². The van der Waals surface area contributed by atoms with Crippen molar-refractivity contribution < 1.29 is 4.79 Å². The number of benzene rings is 2. The molecule has 0 N–H and O–H groups in total. The zero-order valence-corrected chi connectivity index (χ0v) is 16.9. The van der Waals surface area contributed by atoms with Gasteiger partial charge < -0.3 is 14.4 Å². The minimum Gasteiger partial charge on any atom is -0.378 e. The molecule has 2 aromatic carbocycles. The third-order valence-electron chi connectivity index (χ3n) is 6.42. The van der Waals surface area contributed by atoms with Crippen LogP contribution in [0.3, 0.4) is 0 Å². The van der Waals surface area contributed by atoms with Crippen molar-refractivity contribution in [3.63, 3.8) is 0 Å². The first-order valence-corrected chi connectivity index (χ1v) is 10.2. The smallest absolute Gasteiger partial charge is 0.254 e. The number of rotatable bonds is 2. The van der Waals surface area contributed by atoms with E-state index in [0.29, 0.717) is 0 Å². The second kappa shape index (κ2) is 6.40. The maximum atomic E-state index is 13.4. The first-order chi connectivity index (χ1) is 13.5. The van der Waals surface area contributed by atoms with Gasteiger partial charge >= 0.3 is 0 Å². The van der Waals surface area contributed by atoms with Gasteiger partial charge in [-0.25, -0.2) is 0 Å². The molecule has 3 aromatic rings. The highest BCUT2D eigenvalue weighted by Gasteiger charge is 2.37. The lowest BCUT2D eigenvalue weighted by atomic mass is 9.89. The summed E-state index contributed by atoms with van der Waals surface area (Å²) in [7, 11) is 4.04. The molecule has 0 spiro atoms. The Morgan fingerprint density at radius 3 is 2.61 bits per heavy atom. The molecule has 4 heteroatoms. The van der Waals surface area contributed by atoms with Crippen molar-refractivity contribution in [3.05, 3.63) is 64.8 Å². The molecule has 1 aliphatic heterocycles. The summed E-state index contributed by atoms with van der Waals surface area (Å²) in [6, 6.07) is 15.0. The first kappa shape index (κ1) is 17.4. The molecule has 1 unspecified atom stereocenters. The van der Waals surface area contributed by atoms with Gasteiger partial charge in [0.2, 0.25) is 0 Å². The zero-order chi connectivity index (χ0) is 19.4. The van der Waals surface area contributed by atoms with Crippen LogP contribution in [0.25, 0.3) is 10.9 Å². The van der Waals surface area contributed by atoms with E-state index in [-0.39, 0.29) is 11.9 Å². The Hall–Kier alpha value is -2.75. The third kappa shape index (κ3) is 2.55. The van der Waals surface area contributed by atoms with Crippen LogP contribution >= 0.6 is 0 Å². The van der Waals surface area contributed by atoms with Gasteiger partial charge in [-0.1, -0.05) is 11.6 Å². The Balaban J connectivity index is 1.54. The molecule has 1 amide bonds. The van der Waals surface area contributed by atoms with Crippen LogP contribution in [0.15, 0.2) is 42.5 Å². The number of aromatic nitrogens is 1. The van der Waals surface area contributed by atoms with Gasteiger partial charge in [0.25, 0.3) is 5.91 Å². The normalized spacial score (nSPS) is 18.2. The highest BCUT2D eigenvalue weighted by Crippen LogP contribution is 2.43. The minimum absolute atomic E-state index is 0.163. The summed E-state index contributed by atoms with van der Waals surface area (Å²) in [5, 5.41) is 1.39. The van der Waals surface area contributed by atoms with Crippen LogP contribution in [-0.4, -0.2) is 36.0 Å². The van der Waals surface area contributed by atoms with Gasteiger partial charge in [-0.2, -0.15) is 0 Å². The third-order valence-corrected chi connectivity index (χ3v) is 6.42. The Labute approximate surface area is 166 Å². The van der Waals surface area contributed by atoms with Crippen molar-refractivity contribution in [1.82, 2.24) is 9.47 Å². The van der Waals surface area contributed by atoms with Crippen LogP contribution in [-0.2, 0) is 13.0 Å². The average Bonchev–Trinajstić information content (AvgIpc) is 3.03. The second-order valence-corrected chi connectivity index (χ2v) is 8.38. The van der Waals surface area contributed by atoms with Crippen LogP contribution in [0.5, 0.6) is 0 Å². The standard InChI is InChI=1S/C24H27N3O/c1-16-7-12-21-20(15-16)19-5-4-6-22-23(19)26(21)13-14-27(22)24(28)17-8-10-18(11-9-17)25(2)3/h7-12,15,22H,4-6,13-14H2,1-3H3. The van der Waals surface area contributed by atoms with Crippen molar-refractivity contribution in [3.8, 4) is 0 Å². The maximum Gasteiger partial charge on any atom is 0.254 e. The van der Waals surface area contributed by atoms with Crippen molar-refractivity contribution in [1.29, 1.82) is 0 Å². The summed E-state index contributed by atoms with van der Waals surface area (Å²) < 4.78 is 2.48. The second-order valence-electron chi connectivity index (χ2n) is 8.38. The Kier molecular flexibility index (Phi) is 3.97. The van der Waals surface area contributed by atoms with Crippen molar-refractivity contribution >= 4 is 22.5 Å². The van der Waals surface area contributed by atoms with Crippen molar-refractivity contribution in [2.24, 2.45) is 0 Å². The Morgan fingerprint density at radius 1 is 1.07 bits per heavy atom. The maximum absolute atomic E-state index is 13.4. The van der Waals surface area contributed by atoms with Crippen LogP contribution < -0.4 is 4.90 Å². The lowest BCUT2D eigenvalue weighted by Crippen LogP contribution is -2.43. The quantitative estimate of drug-likeness (QED) is 0.659. The highest BCUT2D eigenvalue weighted by atomic mass is 16.2. The van der Waals surface area contributed by atoms with E-state index in [2.05, 4.69) is 39.5 Å². The molecule has 2 aliphatic rings. The topological polar surface area (TPSA) is 28.5 Å². The molecule has 0 radical (unpaired) electrons. The van der Waals surface area contributed by atoms with Crippen LogP contribution in [0, 0.1) is 6.92 Å². The van der Waals surface area contributed by atoms with Gasteiger partial charge in [0.15, 0.2) is 0 Å². The summed E-state index contributed by atoms with van der Waals surface area (Å²) in [4.78, 5) is 17.5. The van der Waals surface area contributed by atoms with E-state index in [4.69, 9.17) is 0 Å². The number of hydrogen-bond donors (Lipinski definition) is 0. The van der Waals surface area contributed by atoms with Crippen LogP contribution in [0.2, 0.25) is 0 Å². The molecule has 0 fully saturated rings. The van der Waals surface area contributed by atoms with Gasteiger partial charge in [-0.15, -0.1) is 0 Å². The lowest BCUT2D eigenvalue weighted by Gasteiger charge is -2.40. The molecular formula is C24H27N3O. The summed E-state index contributed by atoms with van der Waals surface area (Å²) in [5.74, 6) is 0.163. The van der Waals surface area contributed by atoms with Crippen molar-refractivity contribution in [2.75, 3.05) is 25.5 Å². The SMILES string of the molecule is Cc1ccc2c(c1)c1c3n2CCN(C(=O)c2ccc(N(C)C)cc2)C3CCC1. The fourth-order valence-electron chi connectivity index (χ4n) is 5.03. The van der Waals surface area contributed by atoms with E-state index in [1.807, 2.05) is 38.4 Å². The molecule has 2 heterocycles. The van der Waals surface area contributed by atoms with E-state index in [1.165, 1.54) is 27.7 Å². The van der Waals surface area contributed by atoms with Gasteiger partial charge in [0, 0.05) is 55.0 Å². The molecule has 4 nitrogen and oxygen atoms in total. The van der Waals surface area contributed by atoms with E-state index in [9.17, 15) is 4.79 Å². The summed E-state index contributed by atoms with van der Waals surface area (Å²) in [6.45, 7) is 3.83. The minimum atomic E-state index is 0.163. The lowest BCUT2D eigenvalue weighted by molar-refractivity contribution is 0.0601. The Bertz CT molecular complexity index is 1060. The fraction of sp³-hybridized carbons (Fsp3) is 0.375. The molecule has 28 heavy (non-hydrogen) atoms. The number of anilines is 1. The molecule has 5 rings (SSSR count). The predicted molar refractivity (Wildman–Crippen MR) is 114 cm³/mol. The van der Waals surface area contributed by atoms with E-state index >= 15 is 0 Å². The average molecular weight is 374 g/mol. The molecule has 0 saturated heterocycles. The van der Waals surface area contributed by atoms with Gasteiger partial charge in [-0.05, 0) is 68.1 Å². The highest BCUT2D eigenvalue weighted by molar-refractivity contribution is 5.95. The summed E-state index contributed by atoms with van der Waals surface area (Å²) >= 11 is 0. The number of carbonyl (C=O) groups is 1. The van der Waals surface area contributed by atoms with E-state index < -0.39 is 0 Å².